The molecule has 20 heavy (non-hydrogen) atoms. The molecule has 0 aliphatic carbocycles. The second-order valence-corrected chi connectivity index (χ2v) is 6.27. The van der Waals surface area contributed by atoms with Crippen LogP contribution in [0.25, 0.3) is 0 Å². The molecule has 2 saturated heterocycles. The van der Waals surface area contributed by atoms with Crippen LogP contribution in [0.3, 0.4) is 0 Å². The van der Waals surface area contributed by atoms with Gasteiger partial charge < -0.3 is 10.0 Å². The van der Waals surface area contributed by atoms with Crippen LogP contribution < -0.4 is 4.90 Å². The van der Waals surface area contributed by atoms with Crippen molar-refractivity contribution in [2.45, 2.75) is 50.8 Å². The number of nitrogens with zero attached hydrogens (tertiary/aromatic N) is 2. The Balaban J connectivity index is 1.86. The molecule has 0 aromatic heterocycles. The third kappa shape index (κ3) is 2.45. The molecular weight excluding hydrogens is 248 g/mol. The molecule has 0 saturated carbocycles. The van der Waals surface area contributed by atoms with Crippen molar-refractivity contribution in [3.63, 3.8) is 0 Å². The van der Waals surface area contributed by atoms with E-state index in [1.54, 1.807) is 0 Å². The predicted octanol–water partition coefficient (Wildman–Crippen LogP) is 2.80. The van der Waals surface area contributed by atoms with Crippen LogP contribution in [0.1, 0.15) is 44.3 Å². The second-order valence-electron chi connectivity index (χ2n) is 6.27. The highest BCUT2D eigenvalue weighted by atomic mass is 16.3. The molecule has 1 aromatic rings. The predicted molar refractivity (Wildman–Crippen MR) is 83.1 cm³/mol. The van der Waals surface area contributed by atoms with E-state index in [0.717, 1.165) is 31.1 Å². The molecule has 3 rings (SSSR count). The Bertz CT molecular complexity index is 462. The minimum Gasteiger partial charge on any atom is -0.388 e. The first-order valence-corrected chi connectivity index (χ1v) is 7.94. The molecule has 3 nitrogen and oxygen atoms in total. The molecule has 110 valence electrons. The summed E-state index contributed by atoms with van der Waals surface area (Å²) >= 11 is 0. The van der Waals surface area contributed by atoms with Gasteiger partial charge in [0.15, 0.2) is 0 Å². The van der Waals surface area contributed by atoms with Crippen molar-refractivity contribution in [2.75, 3.05) is 25.0 Å². The number of para-hydroxylation sites is 1. The summed E-state index contributed by atoms with van der Waals surface area (Å²) in [5, 5.41) is 10.3. The fraction of sp³-hybridized carbons (Fsp3) is 0.647. The molecule has 2 bridgehead atoms. The van der Waals surface area contributed by atoms with E-state index in [4.69, 9.17) is 0 Å². The second kappa shape index (κ2) is 5.74. The fourth-order valence-corrected chi connectivity index (χ4v) is 3.80. The van der Waals surface area contributed by atoms with Crippen LogP contribution in [0.4, 0.5) is 5.69 Å². The normalized spacial score (nSPS) is 28.4. The van der Waals surface area contributed by atoms with E-state index >= 15 is 0 Å². The Morgan fingerprint density at radius 3 is 2.75 bits per heavy atom. The molecule has 2 aliphatic rings. The summed E-state index contributed by atoms with van der Waals surface area (Å²) in [5.74, 6) is 0. The van der Waals surface area contributed by atoms with Gasteiger partial charge in [0.05, 0.1) is 6.10 Å². The van der Waals surface area contributed by atoms with E-state index in [-0.39, 0.29) is 6.10 Å². The van der Waals surface area contributed by atoms with Crippen LogP contribution in [-0.4, -0.2) is 42.2 Å². The zero-order valence-electron chi connectivity index (χ0n) is 12.6. The first-order chi connectivity index (χ1) is 9.70. The average molecular weight is 274 g/mol. The highest BCUT2D eigenvalue weighted by Gasteiger charge is 2.35. The van der Waals surface area contributed by atoms with Gasteiger partial charge in [0, 0.05) is 36.4 Å². The molecular formula is C17H26N2O. The van der Waals surface area contributed by atoms with E-state index in [1.165, 1.54) is 24.9 Å². The van der Waals surface area contributed by atoms with Gasteiger partial charge in [0.1, 0.15) is 0 Å². The number of likely N-dealkylation sites (N-methyl/N-ethyl adjacent to an activating group) is 1. The molecule has 1 aromatic carbocycles. The summed E-state index contributed by atoms with van der Waals surface area (Å²) in [6.45, 7) is 4.25. The molecule has 0 radical (unpaired) electrons. The third-order valence-electron chi connectivity index (χ3n) is 5.17. The van der Waals surface area contributed by atoms with Gasteiger partial charge in [-0.15, -0.1) is 0 Å². The van der Waals surface area contributed by atoms with Gasteiger partial charge >= 0.3 is 0 Å². The number of rotatable bonds is 3. The summed E-state index contributed by atoms with van der Waals surface area (Å²) in [5.41, 5.74) is 2.33. The van der Waals surface area contributed by atoms with Crippen molar-refractivity contribution in [1.29, 1.82) is 0 Å². The minimum atomic E-state index is -0.343. The largest absolute Gasteiger partial charge is 0.388 e. The highest BCUT2D eigenvalue weighted by molar-refractivity contribution is 5.55. The molecule has 0 spiro atoms. The quantitative estimate of drug-likeness (QED) is 0.918. The SMILES string of the molecule is CCC(O)c1ccccc1N1CCC2CCC(C1)N2C. The number of aliphatic hydroxyl groups is 1. The summed E-state index contributed by atoms with van der Waals surface area (Å²) in [4.78, 5) is 5.06. The van der Waals surface area contributed by atoms with Crippen LogP contribution in [0, 0.1) is 0 Å². The monoisotopic (exact) mass is 274 g/mol. The maximum Gasteiger partial charge on any atom is 0.0807 e. The van der Waals surface area contributed by atoms with Crippen LogP contribution in [0.2, 0.25) is 0 Å². The Labute approximate surface area is 122 Å². The van der Waals surface area contributed by atoms with Gasteiger partial charge in [-0.05, 0) is 38.8 Å². The number of benzene rings is 1. The van der Waals surface area contributed by atoms with E-state index in [0.29, 0.717) is 6.04 Å². The maximum atomic E-state index is 10.3. The lowest BCUT2D eigenvalue weighted by molar-refractivity contribution is 0.174. The van der Waals surface area contributed by atoms with Crippen molar-refractivity contribution in [3.8, 4) is 0 Å². The number of hydrogen-bond donors (Lipinski definition) is 1. The number of hydrogen-bond acceptors (Lipinski definition) is 3. The number of aliphatic hydroxyl groups excluding tert-OH is 1. The lowest BCUT2D eigenvalue weighted by Crippen LogP contribution is -2.37. The molecule has 2 aliphatic heterocycles. The lowest BCUT2D eigenvalue weighted by atomic mass is 10.0. The topological polar surface area (TPSA) is 26.7 Å². The van der Waals surface area contributed by atoms with Crippen molar-refractivity contribution in [3.05, 3.63) is 29.8 Å². The van der Waals surface area contributed by atoms with Crippen molar-refractivity contribution < 1.29 is 5.11 Å². The lowest BCUT2D eigenvalue weighted by Gasteiger charge is -2.30. The van der Waals surface area contributed by atoms with Crippen LogP contribution in [0.5, 0.6) is 0 Å². The van der Waals surface area contributed by atoms with Crippen molar-refractivity contribution in [2.24, 2.45) is 0 Å². The van der Waals surface area contributed by atoms with E-state index < -0.39 is 0 Å². The molecule has 2 fully saturated rings. The first kappa shape index (κ1) is 13.9. The van der Waals surface area contributed by atoms with E-state index in [9.17, 15) is 5.11 Å². The van der Waals surface area contributed by atoms with Gasteiger partial charge in [-0.2, -0.15) is 0 Å². The summed E-state index contributed by atoms with van der Waals surface area (Å²) in [6.07, 6.45) is 4.34. The smallest absolute Gasteiger partial charge is 0.0807 e. The van der Waals surface area contributed by atoms with Crippen molar-refractivity contribution in [1.82, 2.24) is 4.90 Å². The molecule has 3 unspecified atom stereocenters. The van der Waals surface area contributed by atoms with E-state index in [2.05, 4.69) is 35.0 Å². The molecule has 0 amide bonds. The first-order valence-electron chi connectivity index (χ1n) is 7.94. The molecule has 2 heterocycles. The molecule has 1 N–H and O–H groups in total. The van der Waals surface area contributed by atoms with Gasteiger partial charge in [0.25, 0.3) is 0 Å². The van der Waals surface area contributed by atoms with Crippen molar-refractivity contribution >= 4 is 5.69 Å². The van der Waals surface area contributed by atoms with E-state index in [1.807, 2.05) is 13.0 Å². The van der Waals surface area contributed by atoms with Gasteiger partial charge in [-0.3, -0.25) is 4.90 Å². The fourth-order valence-electron chi connectivity index (χ4n) is 3.80. The summed E-state index contributed by atoms with van der Waals surface area (Å²) in [6, 6.07) is 9.81. The van der Waals surface area contributed by atoms with Crippen LogP contribution in [-0.2, 0) is 0 Å². The third-order valence-corrected chi connectivity index (χ3v) is 5.17. The van der Waals surface area contributed by atoms with Gasteiger partial charge in [0.2, 0.25) is 0 Å². The molecule has 3 heteroatoms. The maximum absolute atomic E-state index is 10.3. The van der Waals surface area contributed by atoms with Crippen LogP contribution >= 0.6 is 0 Å². The van der Waals surface area contributed by atoms with Gasteiger partial charge in [-0.25, -0.2) is 0 Å². The minimum absolute atomic E-state index is 0.343. The average Bonchev–Trinajstić information content (AvgIpc) is 2.71. The standard InChI is InChI=1S/C17H26N2O/c1-3-17(20)15-6-4-5-7-16(15)19-11-10-13-8-9-14(12-19)18(13)2/h4-7,13-14,17,20H,3,8-12H2,1-2H3. The Kier molecular flexibility index (Phi) is 3.99. The number of fused-ring (bicyclic) bond motifs is 2. The zero-order chi connectivity index (χ0) is 14.1. The van der Waals surface area contributed by atoms with Crippen LogP contribution in [0.15, 0.2) is 24.3 Å². The summed E-state index contributed by atoms with van der Waals surface area (Å²) in [7, 11) is 2.28. The Hall–Kier alpha value is -1.06. The molecule has 3 atom stereocenters. The van der Waals surface area contributed by atoms with Gasteiger partial charge in [-0.1, -0.05) is 25.1 Å². The summed E-state index contributed by atoms with van der Waals surface area (Å²) < 4.78 is 0. The zero-order valence-corrected chi connectivity index (χ0v) is 12.6. The highest BCUT2D eigenvalue weighted by Crippen LogP contribution is 2.34. The number of anilines is 1. The Morgan fingerprint density at radius 2 is 1.95 bits per heavy atom. The Morgan fingerprint density at radius 1 is 1.20 bits per heavy atom.